The van der Waals surface area contributed by atoms with Crippen molar-refractivity contribution in [2.45, 2.75) is 6.92 Å². The Morgan fingerprint density at radius 1 is 0.444 bits per heavy atom. The van der Waals surface area contributed by atoms with Crippen LogP contribution in [0.2, 0.25) is 0 Å². The van der Waals surface area contributed by atoms with Gasteiger partial charge in [0.25, 0.3) is 0 Å². The zero-order valence-corrected chi connectivity index (χ0v) is 17.2. The maximum Gasteiger partial charge on any atom is -0.870 e. The van der Waals surface area contributed by atoms with Gasteiger partial charge >= 0.3 is 159 Å². The van der Waals surface area contributed by atoms with Gasteiger partial charge in [0.05, 0.1) is 0 Å². The predicted octanol–water partition coefficient (Wildman–Crippen LogP) is 3.20. The van der Waals surface area contributed by atoms with E-state index in [1.807, 2.05) is 0 Å². The molecule has 4 aromatic carbocycles. The summed E-state index contributed by atoms with van der Waals surface area (Å²) < 4.78 is 5.86. The van der Waals surface area contributed by atoms with E-state index in [4.69, 9.17) is 0 Å². The summed E-state index contributed by atoms with van der Waals surface area (Å²) in [5.74, 6) is 0. The van der Waals surface area contributed by atoms with Crippen molar-refractivity contribution in [2.75, 3.05) is 0 Å². The molecular formula is C25H23AsO. The van der Waals surface area contributed by atoms with Crippen LogP contribution in [-0.4, -0.2) is 19.0 Å². The molecule has 0 aliphatic heterocycles. The molecule has 4 aromatic rings. The van der Waals surface area contributed by atoms with Gasteiger partial charge in [-0.15, -0.1) is 0 Å². The minimum absolute atomic E-state index is 0. The third kappa shape index (κ3) is 3.37. The zero-order chi connectivity index (χ0) is 17.8. The molecule has 1 nitrogen and oxygen atoms in total. The maximum atomic E-state index is 2.34. The second-order valence-corrected chi connectivity index (χ2v) is 13.5. The third-order valence-electron chi connectivity index (χ3n) is 4.91. The Labute approximate surface area is 164 Å². The molecule has 2 heteroatoms. The van der Waals surface area contributed by atoms with Crippen LogP contribution in [-0.2, 0) is 0 Å². The Balaban J connectivity index is 0.00000210. The number of hydrogen-bond acceptors (Lipinski definition) is 1. The van der Waals surface area contributed by atoms with Crippen molar-refractivity contribution < 1.29 is 5.48 Å². The average molecular weight is 414 g/mol. The molecule has 0 radical (unpaired) electrons. The fourth-order valence-corrected chi connectivity index (χ4v) is 13.2. The fraction of sp³-hybridized carbons (Fsp3) is 0.0400. The Morgan fingerprint density at radius 2 is 0.778 bits per heavy atom. The van der Waals surface area contributed by atoms with E-state index in [9.17, 15) is 0 Å². The Kier molecular flexibility index (Phi) is 5.96. The van der Waals surface area contributed by atoms with Crippen LogP contribution in [0.25, 0.3) is 0 Å². The number of aryl methyl sites for hydroxylation is 1. The topological polar surface area (TPSA) is 30.0 Å². The summed E-state index contributed by atoms with van der Waals surface area (Å²) in [4.78, 5) is 0. The van der Waals surface area contributed by atoms with Crippen molar-refractivity contribution in [1.29, 1.82) is 0 Å². The molecule has 134 valence electrons. The van der Waals surface area contributed by atoms with Gasteiger partial charge in [0, 0.05) is 0 Å². The van der Waals surface area contributed by atoms with Crippen LogP contribution in [0.5, 0.6) is 0 Å². The Bertz CT molecular complexity index is 886. The predicted molar refractivity (Wildman–Crippen MR) is 117 cm³/mol. The van der Waals surface area contributed by atoms with Gasteiger partial charge in [-0.25, -0.2) is 0 Å². The van der Waals surface area contributed by atoms with E-state index in [1.54, 1.807) is 0 Å². The van der Waals surface area contributed by atoms with Gasteiger partial charge in [0.2, 0.25) is 0 Å². The molecule has 0 atom stereocenters. The summed E-state index contributed by atoms with van der Waals surface area (Å²) in [6, 6.07) is 42.2. The van der Waals surface area contributed by atoms with Crippen LogP contribution in [0, 0.1) is 6.92 Å². The first-order valence-corrected chi connectivity index (χ1v) is 12.7. The van der Waals surface area contributed by atoms with Crippen LogP contribution < -0.4 is 17.4 Å². The standard InChI is InChI=1S/C25H22As.H2O/c1-21-13-11-12-20-25(21)26(22-14-5-2-6-15-22,23-16-7-3-8-17-23)24-18-9-4-10-19-24;/h2-20H,1H3;1H2/q+1;/p-1. The monoisotopic (exact) mass is 414 g/mol. The van der Waals surface area contributed by atoms with Crippen LogP contribution in [0.15, 0.2) is 115 Å². The van der Waals surface area contributed by atoms with E-state index in [1.165, 1.54) is 23.0 Å². The van der Waals surface area contributed by atoms with E-state index < -0.39 is 13.6 Å². The van der Waals surface area contributed by atoms with Crippen LogP contribution >= 0.6 is 0 Å². The van der Waals surface area contributed by atoms with Crippen molar-refractivity contribution in [3.63, 3.8) is 0 Å². The summed E-state index contributed by atoms with van der Waals surface area (Å²) in [5, 5.41) is 0. The van der Waals surface area contributed by atoms with E-state index in [-0.39, 0.29) is 5.48 Å². The minimum Gasteiger partial charge on any atom is -0.870 e. The smallest absolute Gasteiger partial charge is 0.870 e. The van der Waals surface area contributed by atoms with Crippen LogP contribution in [0.3, 0.4) is 0 Å². The molecule has 0 aliphatic carbocycles. The molecule has 4 rings (SSSR count). The van der Waals surface area contributed by atoms with E-state index in [2.05, 4.69) is 122 Å². The minimum atomic E-state index is -2.82. The van der Waals surface area contributed by atoms with E-state index >= 15 is 0 Å². The second-order valence-electron chi connectivity index (χ2n) is 6.46. The maximum absolute atomic E-state index is 2.82. The van der Waals surface area contributed by atoms with Crippen molar-refractivity contribution in [3.05, 3.63) is 121 Å². The second kappa shape index (κ2) is 8.39. The first-order chi connectivity index (χ1) is 12.8. The third-order valence-corrected chi connectivity index (χ3v) is 14.2. The fourth-order valence-electron chi connectivity index (χ4n) is 3.76. The molecule has 0 bridgehead atoms. The summed E-state index contributed by atoms with van der Waals surface area (Å²) in [6.07, 6.45) is 0. The quantitative estimate of drug-likeness (QED) is 0.472. The van der Waals surface area contributed by atoms with Gasteiger partial charge in [-0.05, 0) is 0 Å². The number of benzene rings is 4. The van der Waals surface area contributed by atoms with Crippen molar-refractivity contribution in [1.82, 2.24) is 0 Å². The molecule has 0 aliphatic rings. The molecule has 0 aromatic heterocycles. The molecular weight excluding hydrogens is 391 g/mol. The summed E-state index contributed by atoms with van der Waals surface area (Å²) in [5.41, 5.74) is 1.37. The van der Waals surface area contributed by atoms with Gasteiger partial charge in [0.15, 0.2) is 0 Å². The van der Waals surface area contributed by atoms with Crippen molar-refractivity contribution in [3.8, 4) is 0 Å². The molecule has 0 saturated carbocycles. The van der Waals surface area contributed by atoms with Gasteiger partial charge in [0.1, 0.15) is 0 Å². The van der Waals surface area contributed by atoms with Gasteiger partial charge in [-0.1, -0.05) is 0 Å². The van der Waals surface area contributed by atoms with Crippen molar-refractivity contribution in [2.24, 2.45) is 0 Å². The van der Waals surface area contributed by atoms with Crippen LogP contribution in [0.4, 0.5) is 0 Å². The van der Waals surface area contributed by atoms with Gasteiger partial charge < -0.3 is 5.48 Å². The SMILES string of the molecule is Cc1ccccc1[As+](c1ccccc1)(c1ccccc1)c1ccccc1.[OH-]. The normalized spacial score (nSPS) is 10.9. The Hall–Kier alpha value is -2.60. The van der Waals surface area contributed by atoms with E-state index in [0.29, 0.717) is 0 Å². The molecule has 0 fully saturated rings. The number of rotatable bonds is 4. The molecule has 0 spiro atoms. The zero-order valence-electron chi connectivity index (χ0n) is 15.4. The van der Waals surface area contributed by atoms with Gasteiger partial charge in [-0.2, -0.15) is 0 Å². The molecule has 0 amide bonds. The molecule has 27 heavy (non-hydrogen) atoms. The molecule has 0 saturated heterocycles. The first kappa shape index (κ1) is 19.2. The summed E-state index contributed by atoms with van der Waals surface area (Å²) >= 11 is -2.82. The van der Waals surface area contributed by atoms with Gasteiger partial charge in [-0.3, -0.25) is 0 Å². The summed E-state index contributed by atoms with van der Waals surface area (Å²) in [6.45, 7) is 2.25. The average Bonchev–Trinajstić information content (AvgIpc) is 2.72. The molecule has 1 N–H and O–H groups in total. The summed E-state index contributed by atoms with van der Waals surface area (Å²) in [7, 11) is 0. The first-order valence-electron chi connectivity index (χ1n) is 8.95. The van der Waals surface area contributed by atoms with E-state index in [0.717, 1.165) is 0 Å². The Morgan fingerprint density at radius 3 is 1.15 bits per heavy atom. The molecule has 0 heterocycles. The largest absolute Gasteiger partial charge is 0.870 e. The van der Waals surface area contributed by atoms with Crippen molar-refractivity contribution >= 4 is 31.0 Å². The van der Waals surface area contributed by atoms with Crippen LogP contribution in [0.1, 0.15) is 5.56 Å². The number of hydrogen-bond donors (Lipinski definition) is 0. The molecule has 0 unspecified atom stereocenters.